The molecule has 3 amide bonds. The van der Waals surface area contributed by atoms with Crippen LogP contribution in [0.15, 0.2) is 36.4 Å². The van der Waals surface area contributed by atoms with E-state index in [4.69, 9.17) is 55.9 Å². The third-order valence-electron chi connectivity index (χ3n) is 6.65. The van der Waals surface area contributed by atoms with Crippen molar-refractivity contribution in [2.24, 2.45) is 0 Å². The van der Waals surface area contributed by atoms with Gasteiger partial charge in [-0.15, -0.1) is 0 Å². The van der Waals surface area contributed by atoms with E-state index >= 15 is 0 Å². The van der Waals surface area contributed by atoms with Crippen molar-refractivity contribution in [1.29, 1.82) is 0 Å². The second kappa shape index (κ2) is 8.49. The monoisotopic (exact) mass is 580 g/mol. The third-order valence-corrected chi connectivity index (χ3v) is 8.45. The number of imide groups is 1. The summed E-state index contributed by atoms with van der Waals surface area (Å²) in [5.74, 6) is -1.87. The van der Waals surface area contributed by atoms with Crippen molar-refractivity contribution in [1.82, 2.24) is 4.90 Å². The van der Waals surface area contributed by atoms with Crippen LogP contribution in [0.1, 0.15) is 37.9 Å². The number of aryl methyl sites for hydroxylation is 1. The van der Waals surface area contributed by atoms with Crippen LogP contribution in [-0.2, 0) is 4.79 Å². The van der Waals surface area contributed by atoms with E-state index in [1.807, 2.05) is 0 Å². The van der Waals surface area contributed by atoms with Crippen LogP contribution >= 0.6 is 46.4 Å². The Labute approximate surface area is 229 Å². The van der Waals surface area contributed by atoms with Crippen LogP contribution < -0.4 is 14.4 Å². The van der Waals surface area contributed by atoms with Crippen LogP contribution in [0, 0.1) is 12.7 Å². The Kier molecular flexibility index (Phi) is 5.58. The molecule has 3 aromatic carbocycles. The molecule has 0 aliphatic carbocycles. The summed E-state index contributed by atoms with van der Waals surface area (Å²) in [5, 5.41) is -0.843. The summed E-state index contributed by atoms with van der Waals surface area (Å²) in [6, 6.07) is 7.16. The zero-order valence-corrected chi connectivity index (χ0v) is 21.7. The molecule has 3 aliphatic heterocycles. The number of nitrogens with zero attached hydrogens (tertiary/aromatic N) is 2. The number of rotatable bonds is 3. The molecule has 37 heavy (non-hydrogen) atoms. The zero-order valence-electron chi connectivity index (χ0n) is 18.7. The maximum Gasteiger partial charge on any atom is 0.264 e. The number of β-lactam (4-membered cyclic amide) rings is 1. The molecule has 12 heteroatoms. The van der Waals surface area contributed by atoms with Crippen LogP contribution in [0.4, 0.5) is 10.1 Å². The second-order valence-electron chi connectivity index (χ2n) is 8.63. The number of amides is 3. The van der Waals surface area contributed by atoms with E-state index in [0.717, 1.165) is 4.90 Å². The van der Waals surface area contributed by atoms with Gasteiger partial charge in [-0.1, -0.05) is 58.5 Å². The fourth-order valence-electron chi connectivity index (χ4n) is 4.79. The van der Waals surface area contributed by atoms with Gasteiger partial charge in [-0.2, -0.15) is 0 Å². The molecule has 2 atom stereocenters. The van der Waals surface area contributed by atoms with Gasteiger partial charge in [0.1, 0.15) is 11.9 Å². The predicted molar refractivity (Wildman–Crippen MR) is 135 cm³/mol. The van der Waals surface area contributed by atoms with Crippen LogP contribution in [0.3, 0.4) is 0 Å². The quantitative estimate of drug-likeness (QED) is 0.159. The number of anilines is 1. The van der Waals surface area contributed by atoms with Crippen LogP contribution in [0.25, 0.3) is 0 Å². The highest BCUT2D eigenvalue weighted by Crippen LogP contribution is 2.50. The molecular weight excluding hydrogens is 569 g/mol. The molecule has 7 nitrogen and oxygen atoms in total. The lowest BCUT2D eigenvalue weighted by Crippen LogP contribution is -2.67. The minimum absolute atomic E-state index is 0.0234. The molecule has 0 bridgehead atoms. The fourth-order valence-corrected chi connectivity index (χ4v) is 5.81. The summed E-state index contributed by atoms with van der Waals surface area (Å²) < 4.78 is 25.3. The number of hydrogen-bond donors (Lipinski definition) is 0. The van der Waals surface area contributed by atoms with Gasteiger partial charge < -0.3 is 14.4 Å². The number of halogens is 5. The molecular formula is C25H13Cl4FN2O5. The summed E-state index contributed by atoms with van der Waals surface area (Å²) in [4.78, 5) is 42.7. The van der Waals surface area contributed by atoms with Gasteiger partial charge in [0, 0.05) is 5.69 Å². The highest BCUT2D eigenvalue weighted by Gasteiger charge is 2.58. The van der Waals surface area contributed by atoms with Gasteiger partial charge in [-0.3, -0.25) is 19.3 Å². The Bertz CT molecular complexity index is 1530. The number of ether oxygens (including phenoxy) is 2. The molecule has 3 aliphatic rings. The largest absolute Gasteiger partial charge is 0.454 e. The van der Waals surface area contributed by atoms with Gasteiger partial charge in [0.25, 0.3) is 17.7 Å². The fraction of sp³-hybridized carbons (Fsp3) is 0.160. The van der Waals surface area contributed by atoms with Crippen LogP contribution in [0.5, 0.6) is 11.5 Å². The minimum Gasteiger partial charge on any atom is -0.454 e. The van der Waals surface area contributed by atoms with Crippen molar-refractivity contribution in [3.63, 3.8) is 0 Å². The first-order chi connectivity index (χ1) is 17.6. The lowest BCUT2D eigenvalue weighted by atomic mass is 9.86. The topological polar surface area (TPSA) is 76.2 Å². The Morgan fingerprint density at radius 2 is 1.41 bits per heavy atom. The highest BCUT2D eigenvalue weighted by molar-refractivity contribution is 6.55. The Balaban J connectivity index is 1.48. The van der Waals surface area contributed by atoms with Crippen molar-refractivity contribution in [3.8, 4) is 11.5 Å². The van der Waals surface area contributed by atoms with E-state index in [1.165, 1.54) is 17.0 Å². The molecule has 3 heterocycles. The number of carbonyl (C=O) groups is 3. The smallest absolute Gasteiger partial charge is 0.264 e. The minimum atomic E-state index is -1.29. The van der Waals surface area contributed by atoms with E-state index in [9.17, 15) is 18.8 Å². The maximum absolute atomic E-state index is 14.5. The lowest BCUT2D eigenvalue weighted by molar-refractivity contribution is -0.130. The van der Waals surface area contributed by atoms with Crippen molar-refractivity contribution < 1.29 is 28.2 Å². The summed E-state index contributed by atoms with van der Waals surface area (Å²) in [5.41, 5.74) is 0.711. The Morgan fingerprint density at radius 1 is 0.784 bits per heavy atom. The first-order valence-corrected chi connectivity index (χ1v) is 12.4. The van der Waals surface area contributed by atoms with Gasteiger partial charge in [0.05, 0.1) is 37.3 Å². The molecule has 0 N–H and O–H groups in total. The van der Waals surface area contributed by atoms with Gasteiger partial charge in [0.2, 0.25) is 6.79 Å². The molecule has 3 aromatic rings. The van der Waals surface area contributed by atoms with Gasteiger partial charge >= 0.3 is 0 Å². The molecule has 1 saturated heterocycles. The van der Waals surface area contributed by atoms with Crippen molar-refractivity contribution >= 4 is 69.8 Å². The summed E-state index contributed by atoms with van der Waals surface area (Å²) >= 11 is 24.8. The molecule has 2 unspecified atom stereocenters. The lowest BCUT2D eigenvalue weighted by Gasteiger charge is -2.49. The van der Waals surface area contributed by atoms with E-state index in [-0.39, 0.29) is 43.7 Å². The molecule has 0 radical (unpaired) electrons. The van der Waals surface area contributed by atoms with Crippen LogP contribution in [-0.4, -0.2) is 35.5 Å². The van der Waals surface area contributed by atoms with Gasteiger partial charge in [-0.25, -0.2) is 4.39 Å². The average molecular weight is 582 g/mol. The molecule has 6 rings (SSSR count). The number of fused-ring (bicyclic) bond motifs is 2. The number of carbonyl (C=O) groups excluding carboxylic acids is 3. The summed E-state index contributed by atoms with van der Waals surface area (Å²) in [6.45, 7) is 1.62. The molecule has 0 saturated carbocycles. The molecule has 188 valence electrons. The normalized spacial score (nSPS) is 20.0. The number of benzene rings is 3. The first-order valence-electron chi connectivity index (χ1n) is 10.8. The SMILES string of the molecule is Cc1ccc(N2C(=O)C(N3C(=O)c4c(Cl)c(Cl)c(Cl)c(Cl)c4C3=O)C2c2ccc3c(c2)OCO3)cc1F. The first kappa shape index (κ1) is 24.3. The molecule has 0 aromatic heterocycles. The molecule has 0 spiro atoms. The average Bonchev–Trinajstić information content (AvgIpc) is 3.44. The standard InChI is InChI=1S/C25H13Cl4FN2O5/c1-9-2-4-11(7-12(9)30)31-21(10-3-5-13-14(6-10)37-8-36-13)22(25(31)35)32-23(33)15-16(24(32)34)18(27)20(29)19(28)17(15)26/h2-7,21-22H,8H2,1H3. The Hall–Kier alpha value is -3.04. The van der Waals surface area contributed by atoms with Crippen LogP contribution in [0.2, 0.25) is 20.1 Å². The summed E-state index contributed by atoms with van der Waals surface area (Å²) in [7, 11) is 0. The van der Waals surface area contributed by atoms with Crippen molar-refractivity contribution in [3.05, 3.63) is 84.6 Å². The predicted octanol–water partition coefficient (Wildman–Crippen LogP) is 6.23. The number of hydrogen-bond acceptors (Lipinski definition) is 5. The summed E-state index contributed by atoms with van der Waals surface area (Å²) in [6.07, 6.45) is 0. The van der Waals surface area contributed by atoms with E-state index in [0.29, 0.717) is 22.6 Å². The Morgan fingerprint density at radius 3 is 2.03 bits per heavy atom. The van der Waals surface area contributed by atoms with E-state index < -0.39 is 35.6 Å². The van der Waals surface area contributed by atoms with Gasteiger partial charge in [0.15, 0.2) is 11.5 Å². The third kappa shape index (κ3) is 3.36. The maximum atomic E-state index is 14.5. The van der Waals surface area contributed by atoms with E-state index in [2.05, 4.69) is 0 Å². The zero-order chi connectivity index (χ0) is 26.3. The van der Waals surface area contributed by atoms with Crippen molar-refractivity contribution in [2.75, 3.05) is 11.7 Å². The second-order valence-corrected chi connectivity index (χ2v) is 10.1. The van der Waals surface area contributed by atoms with Crippen molar-refractivity contribution in [2.45, 2.75) is 19.0 Å². The van der Waals surface area contributed by atoms with E-state index in [1.54, 1.807) is 31.2 Å². The van der Waals surface area contributed by atoms with Gasteiger partial charge in [-0.05, 0) is 42.3 Å². The highest BCUT2D eigenvalue weighted by atomic mass is 35.5. The molecule has 1 fully saturated rings.